The molecule has 2 aromatic rings. The molecule has 0 unspecified atom stereocenters. The van der Waals surface area contributed by atoms with E-state index in [1.807, 2.05) is 6.92 Å². The molecule has 0 saturated carbocycles. The largest absolute Gasteiger partial charge is 0.497 e. The van der Waals surface area contributed by atoms with E-state index in [2.05, 4.69) is 0 Å². The first-order chi connectivity index (χ1) is 15.3. The van der Waals surface area contributed by atoms with E-state index < -0.39 is 21.6 Å². The van der Waals surface area contributed by atoms with Crippen molar-refractivity contribution in [1.29, 1.82) is 0 Å². The van der Waals surface area contributed by atoms with Crippen molar-refractivity contribution in [2.75, 3.05) is 13.7 Å². The van der Waals surface area contributed by atoms with Crippen LogP contribution in [0.15, 0.2) is 42.5 Å². The number of rotatable bonds is 11. The van der Waals surface area contributed by atoms with Crippen LogP contribution in [0.2, 0.25) is 0 Å². The molecule has 8 nitrogen and oxygen atoms in total. The fourth-order valence-electron chi connectivity index (χ4n) is 3.41. The number of nitro benzene ring substituents is 1. The second-order valence-electron chi connectivity index (χ2n) is 6.89. The van der Waals surface area contributed by atoms with E-state index in [1.165, 1.54) is 18.2 Å². The highest BCUT2D eigenvalue weighted by Crippen LogP contribution is 2.44. The minimum Gasteiger partial charge on any atom is -0.497 e. The van der Waals surface area contributed by atoms with Gasteiger partial charge in [0.25, 0.3) is 5.69 Å². The Bertz CT molecular complexity index is 961. The van der Waals surface area contributed by atoms with Gasteiger partial charge in [-0.1, -0.05) is 38.5 Å². The van der Waals surface area contributed by atoms with E-state index in [0.29, 0.717) is 36.2 Å². The Morgan fingerprint density at radius 2 is 1.78 bits per heavy atom. The van der Waals surface area contributed by atoms with Gasteiger partial charge in [0.15, 0.2) is 4.75 Å². The van der Waals surface area contributed by atoms with Crippen LogP contribution in [0, 0.1) is 10.1 Å². The Balaban J connectivity index is 2.44. The van der Waals surface area contributed by atoms with Crippen LogP contribution in [-0.2, 0) is 24.9 Å². The normalized spacial score (nSPS) is 12.5. The number of methoxy groups -OCH3 is 1. The molecule has 0 aliphatic rings. The van der Waals surface area contributed by atoms with Gasteiger partial charge < -0.3 is 13.7 Å². The number of esters is 1. The molecule has 0 spiro atoms. The highest BCUT2D eigenvalue weighted by Gasteiger charge is 2.45. The predicted molar refractivity (Wildman–Crippen MR) is 122 cm³/mol. The van der Waals surface area contributed by atoms with Crippen LogP contribution in [-0.4, -0.2) is 30.6 Å². The van der Waals surface area contributed by atoms with Gasteiger partial charge in [-0.25, -0.2) is 4.79 Å². The number of ether oxygens (including phenoxy) is 2. The summed E-state index contributed by atoms with van der Waals surface area (Å²) in [7, 11) is 1.54. The molecule has 0 aliphatic heterocycles. The Hall–Kier alpha value is -3.07. The Labute approximate surface area is 191 Å². The molecule has 9 heteroatoms. The first-order valence-electron chi connectivity index (χ1n) is 10.3. The lowest BCUT2D eigenvalue weighted by Gasteiger charge is -2.29. The number of benzene rings is 2. The first kappa shape index (κ1) is 25.2. The Kier molecular flexibility index (Phi) is 9.07. The third-order valence-electron chi connectivity index (χ3n) is 4.94. The van der Waals surface area contributed by atoms with Gasteiger partial charge in [0.1, 0.15) is 5.75 Å². The molecule has 0 aromatic heterocycles. The Morgan fingerprint density at radius 3 is 2.31 bits per heavy atom. The highest BCUT2D eigenvalue weighted by atomic mass is 32.2. The zero-order valence-corrected chi connectivity index (χ0v) is 19.4. The summed E-state index contributed by atoms with van der Waals surface area (Å²) in [6.07, 6.45) is 1.25. The number of nitrogens with zero attached hydrogens (tertiary/aromatic N) is 1. The molecule has 0 aliphatic carbocycles. The molecular formula is C23H27NO7S. The second kappa shape index (κ2) is 11.5. The maximum atomic E-state index is 13.1. The summed E-state index contributed by atoms with van der Waals surface area (Å²) in [6, 6.07) is 11.2. The van der Waals surface area contributed by atoms with Crippen molar-refractivity contribution in [3.8, 4) is 5.75 Å². The Morgan fingerprint density at radius 1 is 1.09 bits per heavy atom. The van der Waals surface area contributed by atoms with Gasteiger partial charge in [-0.15, -0.1) is 0 Å². The average Bonchev–Trinajstić information content (AvgIpc) is 2.81. The van der Waals surface area contributed by atoms with E-state index in [9.17, 15) is 19.7 Å². The fraction of sp³-hybridized carbons (Fsp3) is 0.391. The predicted octanol–water partition coefficient (Wildman–Crippen LogP) is 5.23. The van der Waals surface area contributed by atoms with Crippen molar-refractivity contribution in [3.05, 3.63) is 69.3 Å². The number of nitro groups is 1. The van der Waals surface area contributed by atoms with E-state index in [-0.39, 0.29) is 29.8 Å². The first-order valence-corrected chi connectivity index (χ1v) is 11.1. The number of carbonyl (C=O) groups excluding carboxylic acids is 2. The lowest BCUT2D eigenvalue weighted by atomic mass is 9.93. The summed E-state index contributed by atoms with van der Waals surface area (Å²) in [5.41, 5.74) is 0.835. The monoisotopic (exact) mass is 461 g/mol. The lowest BCUT2D eigenvalue weighted by Crippen LogP contribution is -2.35. The SMILES string of the molecule is CCC[C@@](SOC(=O)c1cccc([N+](=O)[O-])c1CC)(C(=O)OCC)c1ccc(OC)cc1. The number of hydrogen-bond acceptors (Lipinski definition) is 8. The van der Waals surface area contributed by atoms with Crippen molar-refractivity contribution in [1.82, 2.24) is 0 Å². The molecule has 0 saturated heterocycles. The molecule has 172 valence electrons. The molecule has 0 N–H and O–H groups in total. The van der Waals surface area contributed by atoms with E-state index >= 15 is 0 Å². The third kappa shape index (κ3) is 5.40. The molecule has 1 atom stereocenters. The van der Waals surface area contributed by atoms with Crippen LogP contribution >= 0.6 is 12.0 Å². The van der Waals surface area contributed by atoms with Gasteiger partial charge in [0.2, 0.25) is 0 Å². The van der Waals surface area contributed by atoms with Gasteiger partial charge in [-0.3, -0.25) is 14.9 Å². The standard InChI is InChI=1S/C23H27NO7S/c1-5-15-23(22(26)30-7-3,16-11-13-17(29-4)14-12-16)32-31-21(25)19-9-8-10-20(24(27)28)18(19)6-2/h8-14H,5-7,15H2,1-4H3/t23-/m0/s1. The van der Waals surface area contributed by atoms with Crippen LogP contribution in [0.4, 0.5) is 5.69 Å². The van der Waals surface area contributed by atoms with Crippen molar-refractivity contribution in [2.24, 2.45) is 0 Å². The molecule has 2 rings (SSSR count). The van der Waals surface area contributed by atoms with Crippen molar-refractivity contribution >= 4 is 29.7 Å². The minimum absolute atomic E-state index is 0.0955. The fourth-order valence-corrected chi connectivity index (χ4v) is 4.36. The lowest BCUT2D eigenvalue weighted by molar-refractivity contribution is -0.385. The van der Waals surface area contributed by atoms with Gasteiger partial charge in [-0.05, 0) is 43.5 Å². The van der Waals surface area contributed by atoms with Gasteiger partial charge in [0.05, 0.1) is 36.2 Å². The zero-order chi connectivity index (χ0) is 23.7. The molecule has 0 bridgehead atoms. The summed E-state index contributed by atoms with van der Waals surface area (Å²) in [5.74, 6) is -0.664. The van der Waals surface area contributed by atoms with Gasteiger partial charge in [0, 0.05) is 11.6 Å². The summed E-state index contributed by atoms with van der Waals surface area (Å²) in [4.78, 5) is 36.8. The number of carbonyl (C=O) groups is 2. The third-order valence-corrected chi connectivity index (χ3v) is 6.07. The van der Waals surface area contributed by atoms with Crippen molar-refractivity contribution in [2.45, 2.75) is 44.8 Å². The van der Waals surface area contributed by atoms with Crippen LogP contribution in [0.3, 0.4) is 0 Å². The summed E-state index contributed by atoms with van der Waals surface area (Å²) in [6.45, 7) is 5.51. The molecule has 0 fully saturated rings. The van der Waals surface area contributed by atoms with Crippen LogP contribution < -0.4 is 4.74 Å². The molecule has 0 heterocycles. The van der Waals surface area contributed by atoms with E-state index in [0.717, 1.165) is 0 Å². The van der Waals surface area contributed by atoms with Crippen LogP contribution in [0.25, 0.3) is 0 Å². The maximum Gasteiger partial charge on any atom is 0.350 e. The maximum absolute atomic E-state index is 13.1. The summed E-state index contributed by atoms with van der Waals surface area (Å²) < 4.78 is 14.8. The second-order valence-corrected chi connectivity index (χ2v) is 7.92. The molecule has 2 aromatic carbocycles. The summed E-state index contributed by atoms with van der Waals surface area (Å²) >= 11 is 0.710. The zero-order valence-electron chi connectivity index (χ0n) is 18.6. The van der Waals surface area contributed by atoms with Crippen molar-refractivity contribution < 1.29 is 28.2 Å². The molecular weight excluding hydrogens is 434 g/mol. The van der Waals surface area contributed by atoms with E-state index in [4.69, 9.17) is 13.7 Å². The molecule has 32 heavy (non-hydrogen) atoms. The quantitative estimate of drug-likeness (QED) is 0.194. The topological polar surface area (TPSA) is 105 Å². The average molecular weight is 462 g/mol. The van der Waals surface area contributed by atoms with Crippen molar-refractivity contribution in [3.63, 3.8) is 0 Å². The molecule has 0 amide bonds. The molecule has 0 radical (unpaired) electrons. The van der Waals surface area contributed by atoms with Gasteiger partial charge in [-0.2, -0.15) is 0 Å². The van der Waals surface area contributed by atoms with Crippen LogP contribution in [0.5, 0.6) is 5.75 Å². The van der Waals surface area contributed by atoms with Gasteiger partial charge >= 0.3 is 11.9 Å². The smallest absolute Gasteiger partial charge is 0.350 e. The summed E-state index contributed by atoms with van der Waals surface area (Å²) in [5, 5.41) is 11.3. The highest BCUT2D eigenvalue weighted by molar-refractivity contribution is 7.96. The van der Waals surface area contributed by atoms with E-state index in [1.54, 1.807) is 45.2 Å². The number of hydrogen-bond donors (Lipinski definition) is 0. The minimum atomic E-state index is -1.29. The van der Waals surface area contributed by atoms with Crippen LogP contribution in [0.1, 0.15) is 55.1 Å².